The highest BCUT2D eigenvalue weighted by atomic mass is 32.1. The Kier molecular flexibility index (Phi) is 4.18. The lowest BCUT2D eigenvalue weighted by atomic mass is 10.1. The second-order valence-electron chi connectivity index (χ2n) is 5.12. The van der Waals surface area contributed by atoms with Crippen LogP contribution in [0.4, 0.5) is 10.5 Å². The van der Waals surface area contributed by atoms with Gasteiger partial charge in [0.2, 0.25) is 0 Å². The first-order valence-electron chi connectivity index (χ1n) is 7.11. The first-order valence-corrected chi connectivity index (χ1v) is 7.99. The third-order valence-electron chi connectivity index (χ3n) is 3.61. The normalized spacial score (nSPS) is 16.5. The molecule has 4 amide bonds. The fraction of sp³-hybridized carbons (Fsp3) is 0.118. The van der Waals surface area contributed by atoms with Crippen molar-refractivity contribution in [2.45, 2.75) is 6.92 Å². The Morgan fingerprint density at radius 2 is 1.83 bits per heavy atom. The van der Waals surface area contributed by atoms with Crippen LogP contribution in [0, 0.1) is 6.92 Å². The largest absolute Gasteiger partial charge is 0.497 e. The number of barbiturate groups is 1. The van der Waals surface area contributed by atoms with Gasteiger partial charge in [-0.2, -0.15) is 0 Å². The van der Waals surface area contributed by atoms with E-state index in [0.717, 1.165) is 15.3 Å². The van der Waals surface area contributed by atoms with Gasteiger partial charge in [0.25, 0.3) is 11.8 Å². The third-order valence-corrected chi connectivity index (χ3v) is 4.58. The molecule has 122 valence electrons. The van der Waals surface area contributed by atoms with Crippen LogP contribution in [0.1, 0.15) is 10.4 Å². The molecule has 0 aliphatic carbocycles. The molecule has 1 saturated heterocycles. The SMILES string of the molecule is COc1ccc(N2C(=O)NC(=O)/C(=C\c3sccc3C)C2=O)cc1. The summed E-state index contributed by atoms with van der Waals surface area (Å²) in [5.74, 6) is -0.742. The van der Waals surface area contributed by atoms with Crippen LogP contribution in [0.15, 0.2) is 41.3 Å². The van der Waals surface area contributed by atoms with Crippen LogP contribution in [0.5, 0.6) is 5.75 Å². The molecule has 0 bridgehead atoms. The lowest BCUT2D eigenvalue weighted by Crippen LogP contribution is -2.54. The first kappa shape index (κ1) is 15.9. The summed E-state index contributed by atoms with van der Waals surface area (Å²) in [6.45, 7) is 1.89. The molecular weight excluding hydrogens is 328 g/mol. The predicted octanol–water partition coefficient (Wildman–Crippen LogP) is 2.73. The second kappa shape index (κ2) is 6.29. The Labute approximate surface area is 142 Å². The van der Waals surface area contributed by atoms with Gasteiger partial charge in [-0.3, -0.25) is 14.9 Å². The number of hydrogen-bond donors (Lipinski definition) is 1. The molecule has 0 saturated carbocycles. The molecule has 0 atom stereocenters. The highest BCUT2D eigenvalue weighted by Crippen LogP contribution is 2.26. The van der Waals surface area contributed by atoms with Crippen molar-refractivity contribution in [1.82, 2.24) is 5.32 Å². The van der Waals surface area contributed by atoms with E-state index in [9.17, 15) is 14.4 Å². The number of carbonyl (C=O) groups is 3. The molecule has 6 nitrogen and oxygen atoms in total. The molecule has 1 aliphatic rings. The van der Waals surface area contributed by atoms with Gasteiger partial charge in [0, 0.05) is 4.88 Å². The molecule has 2 heterocycles. The van der Waals surface area contributed by atoms with Gasteiger partial charge < -0.3 is 4.74 Å². The molecule has 1 fully saturated rings. The van der Waals surface area contributed by atoms with Crippen molar-refractivity contribution in [3.63, 3.8) is 0 Å². The molecule has 2 aromatic rings. The molecule has 1 aromatic heterocycles. The van der Waals surface area contributed by atoms with Gasteiger partial charge in [-0.15, -0.1) is 11.3 Å². The summed E-state index contributed by atoms with van der Waals surface area (Å²) in [7, 11) is 1.52. The summed E-state index contributed by atoms with van der Waals surface area (Å²) in [4.78, 5) is 38.6. The summed E-state index contributed by atoms with van der Waals surface area (Å²) < 4.78 is 5.06. The minimum Gasteiger partial charge on any atom is -0.497 e. The topological polar surface area (TPSA) is 75.7 Å². The molecule has 0 unspecified atom stereocenters. The van der Waals surface area contributed by atoms with Crippen LogP contribution in [0.3, 0.4) is 0 Å². The summed E-state index contributed by atoms with van der Waals surface area (Å²) in [5, 5.41) is 4.08. The molecule has 24 heavy (non-hydrogen) atoms. The number of urea groups is 1. The molecule has 0 spiro atoms. The van der Waals surface area contributed by atoms with E-state index in [1.54, 1.807) is 24.3 Å². The maximum absolute atomic E-state index is 12.7. The molecule has 7 heteroatoms. The van der Waals surface area contributed by atoms with Gasteiger partial charge in [0.15, 0.2) is 0 Å². The predicted molar refractivity (Wildman–Crippen MR) is 91.1 cm³/mol. The molecule has 1 N–H and O–H groups in total. The summed E-state index contributed by atoms with van der Waals surface area (Å²) in [5.41, 5.74) is 1.25. The van der Waals surface area contributed by atoms with Crippen molar-refractivity contribution < 1.29 is 19.1 Å². The zero-order valence-corrected chi connectivity index (χ0v) is 13.8. The van der Waals surface area contributed by atoms with E-state index in [-0.39, 0.29) is 5.57 Å². The Balaban J connectivity index is 1.99. The van der Waals surface area contributed by atoms with Crippen molar-refractivity contribution in [3.8, 4) is 5.75 Å². The first-order chi connectivity index (χ1) is 11.5. The van der Waals surface area contributed by atoms with E-state index in [2.05, 4.69) is 5.32 Å². The lowest BCUT2D eigenvalue weighted by molar-refractivity contribution is -0.122. The van der Waals surface area contributed by atoms with Crippen molar-refractivity contribution in [2.75, 3.05) is 12.0 Å². The van der Waals surface area contributed by atoms with Crippen LogP contribution < -0.4 is 15.0 Å². The van der Waals surface area contributed by atoms with E-state index < -0.39 is 17.8 Å². The smallest absolute Gasteiger partial charge is 0.335 e. The Bertz CT molecular complexity index is 852. The average molecular weight is 342 g/mol. The number of aryl methyl sites for hydroxylation is 1. The van der Waals surface area contributed by atoms with Gasteiger partial charge in [-0.25, -0.2) is 9.69 Å². The van der Waals surface area contributed by atoms with E-state index in [1.807, 2.05) is 18.4 Å². The van der Waals surface area contributed by atoms with Gasteiger partial charge in [0.1, 0.15) is 11.3 Å². The Morgan fingerprint density at radius 3 is 2.42 bits per heavy atom. The van der Waals surface area contributed by atoms with Gasteiger partial charge in [-0.05, 0) is 54.3 Å². The highest BCUT2D eigenvalue weighted by Gasteiger charge is 2.36. The number of hydrogen-bond acceptors (Lipinski definition) is 5. The molecule has 1 aliphatic heterocycles. The van der Waals surface area contributed by atoms with Crippen LogP contribution in [0.25, 0.3) is 6.08 Å². The summed E-state index contributed by atoms with van der Waals surface area (Å²) in [6.07, 6.45) is 1.51. The maximum atomic E-state index is 12.7. The van der Waals surface area contributed by atoms with Crippen LogP contribution in [0.2, 0.25) is 0 Å². The van der Waals surface area contributed by atoms with Crippen molar-refractivity contribution in [2.24, 2.45) is 0 Å². The fourth-order valence-electron chi connectivity index (χ4n) is 2.29. The number of carbonyl (C=O) groups excluding carboxylic acids is 3. The second-order valence-corrected chi connectivity index (χ2v) is 6.07. The number of amides is 4. The van der Waals surface area contributed by atoms with Crippen molar-refractivity contribution >= 4 is 40.9 Å². The van der Waals surface area contributed by atoms with Crippen molar-refractivity contribution in [3.05, 3.63) is 51.7 Å². The van der Waals surface area contributed by atoms with Gasteiger partial charge >= 0.3 is 6.03 Å². The summed E-state index contributed by atoms with van der Waals surface area (Å²) >= 11 is 1.42. The van der Waals surface area contributed by atoms with E-state index >= 15 is 0 Å². The van der Waals surface area contributed by atoms with E-state index in [0.29, 0.717) is 11.4 Å². The zero-order chi connectivity index (χ0) is 17.3. The van der Waals surface area contributed by atoms with E-state index in [1.165, 1.54) is 24.5 Å². The van der Waals surface area contributed by atoms with Crippen LogP contribution in [-0.4, -0.2) is 25.0 Å². The third kappa shape index (κ3) is 2.81. The minimum absolute atomic E-state index is 0.0732. The number of benzene rings is 1. The van der Waals surface area contributed by atoms with Crippen LogP contribution in [-0.2, 0) is 9.59 Å². The minimum atomic E-state index is -0.768. The molecule has 1 aromatic carbocycles. The monoisotopic (exact) mass is 342 g/mol. The Hall–Kier alpha value is -2.93. The number of thiophene rings is 1. The molecule has 0 radical (unpaired) electrons. The summed E-state index contributed by atoms with van der Waals surface area (Å²) in [6, 6.07) is 7.57. The molecular formula is C17H14N2O4S. The number of ether oxygens (including phenoxy) is 1. The lowest BCUT2D eigenvalue weighted by Gasteiger charge is -2.26. The number of anilines is 1. The Morgan fingerprint density at radius 1 is 1.12 bits per heavy atom. The number of nitrogens with one attached hydrogen (secondary N) is 1. The number of rotatable bonds is 3. The average Bonchev–Trinajstić information content (AvgIpc) is 2.97. The van der Waals surface area contributed by atoms with E-state index in [4.69, 9.17) is 4.74 Å². The fourth-order valence-corrected chi connectivity index (χ4v) is 3.15. The van der Waals surface area contributed by atoms with Gasteiger partial charge in [0.05, 0.1) is 12.8 Å². The van der Waals surface area contributed by atoms with Crippen LogP contribution >= 0.6 is 11.3 Å². The molecule has 3 rings (SSSR count). The highest BCUT2D eigenvalue weighted by molar-refractivity contribution is 7.11. The standard InChI is InChI=1S/C17H14N2O4S/c1-10-7-8-24-14(10)9-13-15(20)18-17(22)19(16(13)21)11-3-5-12(23-2)6-4-11/h3-9H,1-2H3,(H,18,20,22)/b13-9+. The maximum Gasteiger partial charge on any atom is 0.335 e. The number of imide groups is 2. The number of nitrogens with zero attached hydrogens (tertiary/aromatic N) is 1. The van der Waals surface area contributed by atoms with Gasteiger partial charge in [-0.1, -0.05) is 0 Å². The number of methoxy groups -OCH3 is 1. The quantitative estimate of drug-likeness (QED) is 0.687. The van der Waals surface area contributed by atoms with Crippen molar-refractivity contribution in [1.29, 1.82) is 0 Å². The zero-order valence-electron chi connectivity index (χ0n) is 13.0.